The van der Waals surface area contributed by atoms with Gasteiger partial charge in [-0.3, -0.25) is 9.36 Å². The number of rotatable bonds is 10. The number of aromatic nitrogens is 6. The summed E-state index contributed by atoms with van der Waals surface area (Å²) in [7, 11) is 0.589. The molecule has 0 aliphatic heterocycles. The normalized spacial score (nSPS) is 11.6. The second kappa shape index (κ2) is 10.1. The molecular weight excluding hydrogens is 452 g/mol. The third kappa shape index (κ3) is 6.06. The molecule has 11 heteroatoms. The lowest BCUT2D eigenvalue weighted by Gasteiger charge is -2.12. The van der Waals surface area contributed by atoms with Crippen LogP contribution >= 0.6 is 0 Å². The molecule has 0 radical (unpaired) electrons. The molecule has 0 aliphatic rings. The third-order valence-corrected chi connectivity index (χ3v) is 5.95. The van der Waals surface area contributed by atoms with E-state index in [4.69, 9.17) is 4.98 Å². The third-order valence-electron chi connectivity index (χ3n) is 5.22. The van der Waals surface area contributed by atoms with Crippen molar-refractivity contribution >= 4 is 15.8 Å². The summed E-state index contributed by atoms with van der Waals surface area (Å²) in [5.74, 6) is 1.32. The quantitative estimate of drug-likeness (QED) is 0.335. The molecule has 10 nitrogen and oxygen atoms in total. The summed E-state index contributed by atoms with van der Waals surface area (Å²) >= 11 is 0. The molecule has 2 N–H and O–H groups in total. The minimum Gasteiger partial charge on any atom is -0.369 e. The van der Waals surface area contributed by atoms with Gasteiger partial charge < -0.3 is 5.32 Å². The monoisotopic (exact) mass is 480 g/mol. The van der Waals surface area contributed by atoms with Crippen molar-refractivity contribution in [2.75, 3.05) is 24.7 Å². The van der Waals surface area contributed by atoms with E-state index in [1.807, 2.05) is 57.1 Å². The van der Waals surface area contributed by atoms with Crippen molar-refractivity contribution in [2.24, 2.45) is 14.1 Å². The van der Waals surface area contributed by atoms with Crippen molar-refractivity contribution in [3.63, 3.8) is 0 Å². The highest BCUT2D eigenvalue weighted by molar-refractivity contribution is 7.88. The molecule has 0 spiro atoms. The molecule has 0 unspecified atom stereocenters. The molecule has 4 rings (SSSR count). The molecule has 0 saturated carbocycles. The summed E-state index contributed by atoms with van der Waals surface area (Å²) < 4.78 is 28.5. The van der Waals surface area contributed by atoms with Crippen molar-refractivity contribution in [2.45, 2.75) is 12.8 Å². The molecule has 0 atom stereocenters. The van der Waals surface area contributed by atoms with Crippen LogP contribution in [0, 0.1) is 0 Å². The SMILES string of the molecule is Cn1cc(-c2cccc(-c3ncc(-c4cnn(C)c4)c(NCCCCNS(C)(=O)=O)n3)c2)cn1. The number of hydrogen-bond acceptors (Lipinski definition) is 7. The number of sulfonamides is 1. The van der Waals surface area contributed by atoms with Gasteiger partial charge in [0.15, 0.2) is 5.82 Å². The van der Waals surface area contributed by atoms with E-state index in [0.29, 0.717) is 31.2 Å². The van der Waals surface area contributed by atoms with E-state index in [9.17, 15) is 8.42 Å². The minimum atomic E-state index is -3.17. The molecule has 178 valence electrons. The van der Waals surface area contributed by atoms with E-state index in [2.05, 4.69) is 31.3 Å². The van der Waals surface area contributed by atoms with Crippen molar-refractivity contribution in [3.8, 4) is 33.6 Å². The number of unbranched alkanes of at least 4 members (excludes halogenated alkanes) is 1. The van der Waals surface area contributed by atoms with Gasteiger partial charge in [-0.1, -0.05) is 18.2 Å². The first-order valence-corrected chi connectivity index (χ1v) is 12.8. The average molecular weight is 481 g/mol. The Morgan fingerprint density at radius 3 is 2.24 bits per heavy atom. The maximum atomic E-state index is 11.2. The predicted octanol–water partition coefficient (Wildman–Crippen LogP) is 2.69. The van der Waals surface area contributed by atoms with E-state index in [1.165, 1.54) is 0 Å². The van der Waals surface area contributed by atoms with Gasteiger partial charge in [-0.25, -0.2) is 23.1 Å². The molecule has 0 fully saturated rings. The van der Waals surface area contributed by atoms with Crippen LogP contribution in [0.25, 0.3) is 33.6 Å². The summed E-state index contributed by atoms with van der Waals surface area (Å²) in [5, 5.41) is 11.9. The Hall–Kier alpha value is -3.57. The lowest BCUT2D eigenvalue weighted by molar-refractivity contribution is 0.583. The molecule has 34 heavy (non-hydrogen) atoms. The number of nitrogens with zero attached hydrogens (tertiary/aromatic N) is 6. The Bertz CT molecular complexity index is 1380. The fraction of sp³-hybridized carbons (Fsp3) is 0.304. The van der Waals surface area contributed by atoms with Gasteiger partial charge >= 0.3 is 0 Å². The van der Waals surface area contributed by atoms with Crippen molar-refractivity contribution in [1.29, 1.82) is 0 Å². The van der Waals surface area contributed by atoms with Crippen molar-refractivity contribution in [1.82, 2.24) is 34.3 Å². The van der Waals surface area contributed by atoms with Crippen LogP contribution in [0.5, 0.6) is 0 Å². The van der Waals surface area contributed by atoms with Gasteiger partial charge in [-0.15, -0.1) is 0 Å². The standard InChI is InChI=1S/C23H28N8O2S/c1-30-15-19(12-26-30)17-7-6-8-18(11-17)22-25-14-21(20-13-27-31(2)16-20)23(29-22)24-9-4-5-10-28-34(3,32)33/h6-8,11-16,28H,4-5,9-10H2,1-3H3,(H,24,25,29). The van der Waals surface area contributed by atoms with Crippen molar-refractivity contribution in [3.05, 3.63) is 55.2 Å². The number of nitrogens with one attached hydrogen (secondary N) is 2. The summed E-state index contributed by atoms with van der Waals surface area (Å²) in [6, 6.07) is 8.06. The maximum Gasteiger partial charge on any atom is 0.208 e. The van der Waals surface area contributed by atoms with Crippen LogP contribution in [-0.2, 0) is 24.1 Å². The molecule has 0 aliphatic carbocycles. The van der Waals surface area contributed by atoms with Gasteiger partial charge in [0.1, 0.15) is 5.82 Å². The van der Waals surface area contributed by atoms with Crippen LogP contribution in [0.3, 0.4) is 0 Å². The largest absolute Gasteiger partial charge is 0.369 e. The van der Waals surface area contributed by atoms with E-state index in [0.717, 1.165) is 40.5 Å². The van der Waals surface area contributed by atoms with Gasteiger partial charge in [-0.2, -0.15) is 10.2 Å². The highest BCUT2D eigenvalue weighted by atomic mass is 32.2. The Kier molecular flexibility index (Phi) is 7.03. The number of benzene rings is 1. The first kappa shape index (κ1) is 23.6. The van der Waals surface area contributed by atoms with Gasteiger partial charge in [0, 0.05) is 68.0 Å². The van der Waals surface area contributed by atoms with Gasteiger partial charge in [0.2, 0.25) is 10.0 Å². The Labute approximate surface area is 199 Å². The zero-order valence-corrected chi connectivity index (χ0v) is 20.2. The van der Waals surface area contributed by atoms with Crippen LogP contribution in [0.2, 0.25) is 0 Å². The molecule has 3 aromatic heterocycles. The number of aryl methyl sites for hydroxylation is 2. The number of hydrogen-bond donors (Lipinski definition) is 2. The fourth-order valence-electron chi connectivity index (χ4n) is 3.55. The van der Waals surface area contributed by atoms with Crippen LogP contribution in [-0.4, -0.2) is 57.3 Å². The highest BCUT2D eigenvalue weighted by Crippen LogP contribution is 2.29. The topological polar surface area (TPSA) is 120 Å². The molecule has 0 saturated heterocycles. The molecular formula is C23H28N8O2S. The average Bonchev–Trinajstić information content (AvgIpc) is 3.43. The summed E-state index contributed by atoms with van der Waals surface area (Å²) in [6.45, 7) is 1.05. The first-order valence-electron chi connectivity index (χ1n) is 10.9. The molecule has 0 bridgehead atoms. The maximum absolute atomic E-state index is 11.2. The van der Waals surface area contributed by atoms with Gasteiger partial charge in [0.25, 0.3) is 0 Å². The smallest absolute Gasteiger partial charge is 0.208 e. The highest BCUT2D eigenvalue weighted by Gasteiger charge is 2.13. The molecule has 4 aromatic rings. The second-order valence-electron chi connectivity index (χ2n) is 8.14. The second-order valence-corrected chi connectivity index (χ2v) is 9.98. The molecule has 1 aromatic carbocycles. The van der Waals surface area contributed by atoms with E-state index < -0.39 is 10.0 Å². The Morgan fingerprint density at radius 2 is 1.56 bits per heavy atom. The van der Waals surface area contributed by atoms with E-state index >= 15 is 0 Å². The Balaban J connectivity index is 1.56. The lowest BCUT2D eigenvalue weighted by atomic mass is 10.1. The minimum absolute atomic E-state index is 0.409. The van der Waals surface area contributed by atoms with Gasteiger partial charge in [-0.05, 0) is 24.5 Å². The molecule has 0 amide bonds. The van der Waals surface area contributed by atoms with Crippen LogP contribution in [0.15, 0.2) is 55.2 Å². The summed E-state index contributed by atoms with van der Waals surface area (Å²) in [5.41, 5.74) is 4.74. The van der Waals surface area contributed by atoms with Gasteiger partial charge in [0.05, 0.1) is 18.6 Å². The van der Waals surface area contributed by atoms with Crippen molar-refractivity contribution < 1.29 is 8.42 Å². The van der Waals surface area contributed by atoms with E-state index in [1.54, 1.807) is 15.6 Å². The lowest BCUT2D eigenvalue weighted by Crippen LogP contribution is -2.23. The number of anilines is 1. The molecule has 3 heterocycles. The van der Waals surface area contributed by atoms with Crippen LogP contribution in [0.1, 0.15) is 12.8 Å². The first-order chi connectivity index (χ1) is 16.3. The fourth-order valence-corrected chi connectivity index (χ4v) is 4.06. The van der Waals surface area contributed by atoms with E-state index in [-0.39, 0.29) is 0 Å². The van der Waals surface area contributed by atoms with Crippen LogP contribution in [0.4, 0.5) is 5.82 Å². The predicted molar refractivity (Wildman–Crippen MR) is 132 cm³/mol. The summed E-state index contributed by atoms with van der Waals surface area (Å²) in [6.07, 6.45) is 12.0. The van der Waals surface area contributed by atoms with Crippen LogP contribution < -0.4 is 10.0 Å². The zero-order valence-electron chi connectivity index (χ0n) is 19.4. The Morgan fingerprint density at radius 1 is 0.882 bits per heavy atom. The zero-order chi connectivity index (χ0) is 24.1. The summed E-state index contributed by atoms with van der Waals surface area (Å²) in [4.78, 5) is 9.47.